The number of halogens is 1. The number of carbonyl (C=O) groups is 1. The first-order valence-corrected chi connectivity index (χ1v) is 7.57. The maximum Gasteiger partial charge on any atom is 0.279 e. The molecule has 0 aliphatic heterocycles. The van der Waals surface area contributed by atoms with Gasteiger partial charge in [0.15, 0.2) is 12.3 Å². The molecule has 1 atom stereocenters. The number of furan rings is 1. The Morgan fingerprint density at radius 1 is 1.45 bits per heavy atom. The van der Waals surface area contributed by atoms with E-state index in [9.17, 15) is 4.79 Å². The van der Waals surface area contributed by atoms with Crippen LogP contribution in [0.3, 0.4) is 0 Å². The van der Waals surface area contributed by atoms with Crippen molar-refractivity contribution < 1.29 is 14.5 Å². The van der Waals surface area contributed by atoms with Gasteiger partial charge in [0, 0.05) is 9.26 Å². The van der Waals surface area contributed by atoms with Gasteiger partial charge in [0.25, 0.3) is 5.91 Å². The van der Waals surface area contributed by atoms with Gasteiger partial charge in [0.2, 0.25) is 0 Å². The number of benzene rings is 1. The topological polar surface area (TPSA) is 58.9 Å². The lowest BCUT2D eigenvalue weighted by Gasteiger charge is -2.10. The molecule has 1 aromatic carbocycles. The second-order valence-electron chi connectivity index (χ2n) is 4.75. The number of carbonyl (C=O) groups excluding carboxylic acids is 1. The summed E-state index contributed by atoms with van der Waals surface area (Å²) in [5, 5.41) is 4.89. The molecule has 1 heterocycles. The Kier molecular flexibility index (Phi) is 5.19. The summed E-state index contributed by atoms with van der Waals surface area (Å²) in [5.74, 6) is 0.871. The zero-order valence-corrected chi connectivity index (χ0v) is 13.7. The number of nitrogens with two attached hydrogens (primary N) is 1. The summed E-state index contributed by atoms with van der Waals surface area (Å²) in [6.07, 6.45) is 1.65. The van der Waals surface area contributed by atoms with E-state index in [1.807, 2.05) is 49.5 Å². The number of aryl methyl sites for hydroxylation is 1. The summed E-state index contributed by atoms with van der Waals surface area (Å²) in [6, 6.07) is 9.87. The van der Waals surface area contributed by atoms with Gasteiger partial charge < -0.3 is 15.1 Å². The van der Waals surface area contributed by atoms with E-state index in [1.165, 1.54) is 0 Å². The number of hydrogen-bond donors (Lipinski definition) is 2. The van der Waals surface area contributed by atoms with Gasteiger partial charge in [0.1, 0.15) is 6.04 Å². The summed E-state index contributed by atoms with van der Waals surface area (Å²) >= 11 is 2.26. The number of amides is 1. The molecule has 2 aromatic rings. The Bertz CT molecular complexity index is 582. The average Bonchev–Trinajstić information content (AvgIpc) is 2.93. The molecule has 4 nitrogen and oxygen atoms in total. The normalized spacial score (nSPS) is 12.2. The van der Waals surface area contributed by atoms with Crippen molar-refractivity contribution in [1.82, 2.24) is 0 Å². The van der Waals surface area contributed by atoms with E-state index in [4.69, 9.17) is 4.42 Å². The Hall–Kier alpha value is -1.34. The molecular formula is C15H18IN2O2+. The maximum atomic E-state index is 11.9. The third kappa shape index (κ3) is 4.08. The highest BCUT2D eigenvalue weighted by Crippen LogP contribution is 2.17. The fourth-order valence-electron chi connectivity index (χ4n) is 1.92. The van der Waals surface area contributed by atoms with Gasteiger partial charge in [-0.15, -0.1) is 0 Å². The highest BCUT2D eigenvalue weighted by molar-refractivity contribution is 14.1. The Morgan fingerprint density at radius 2 is 2.25 bits per heavy atom. The standard InChI is InChI=1S/C15H17IN2O2/c1-10-8-12(16)5-6-13(10)18-15(19)9-17-11(2)14-4-3-7-20-14/h3-8,11,17H,9H2,1-2H3,(H,18,19)/p+1/t11-/m0/s1. The zero-order valence-electron chi connectivity index (χ0n) is 11.5. The molecule has 1 aromatic heterocycles. The maximum absolute atomic E-state index is 11.9. The van der Waals surface area contributed by atoms with Crippen LogP contribution in [-0.4, -0.2) is 12.5 Å². The van der Waals surface area contributed by atoms with E-state index in [-0.39, 0.29) is 11.9 Å². The number of rotatable bonds is 5. The molecule has 0 saturated heterocycles. The third-order valence-electron chi connectivity index (χ3n) is 3.11. The SMILES string of the molecule is Cc1cc(I)ccc1NC(=O)C[NH2+][C@@H](C)c1ccco1. The zero-order chi connectivity index (χ0) is 14.5. The van der Waals surface area contributed by atoms with Crippen molar-refractivity contribution in [3.8, 4) is 0 Å². The first-order valence-electron chi connectivity index (χ1n) is 6.49. The molecule has 0 unspecified atom stereocenters. The molecule has 2 rings (SSSR count). The molecule has 3 N–H and O–H groups in total. The van der Waals surface area contributed by atoms with E-state index >= 15 is 0 Å². The monoisotopic (exact) mass is 385 g/mol. The number of nitrogens with one attached hydrogen (secondary N) is 1. The molecule has 20 heavy (non-hydrogen) atoms. The summed E-state index contributed by atoms with van der Waals surface area (Å²) in [6.45, 7) is 4.38. The van der Waals surface area contributed by atoms with Gasteiger partial charge >= 0.3 is 0 Å². The first-order chi connectivity index (χ1) is 9.56. The first kappa shape index (κ1) is 15.1. The quantitative estimate of drug-likeness (QED) is 0.777. The van der Waals surface area contributed by atoms with Crippen LogP contribution in [0, 0.1) is 10.5 Å². The van der Waals surface area contributed by atoms with Crippen LogP contribution >= 0.6 is 22.6 Å². The Labute approximate surface area is 132 Å². The second-order valence-corrected chi connectivity index (χ2v) is 6.00. The Morgan fingerprint density at radius 3 is 2.90 bits per heavy atom. The minimum atomic E-state index is -0.00675. The fraction of sp³-hybridized carbons (Fsp3) is 0.267. The van der Waals surface area contributed by atoms with E-state index in [0.717, 1.165) is 20.6 Å². The van der Waals surface area contributed by atoms with Crippen LogP contribution in [0.2, 0.25) is 0 Å². The van der Waals surface area contributed by atoms with Crippen LogP contribution in [-0.2, 0) is 4.79 Å². The summed E-state index contributed by atoms with van der Waals surface area (Å²) in [7, 11) is 0. The minimum absolute atomic E-state index is 0.00675. The van der Waals surface area contributed by atoms with Crippen LogP contribution in [0.15, 0.2) is 41.0 Å². The minimum Gasteiger partial charge on any atom is -0.463 e. The number of quaternary nitrogens is 1. The van der Waals surface area contributed by atoms with Crippen molar-refractivity contribution in [3.63, 3.8) is 0 Å². The van der Waals surface area contributed by atoms with E-state index in [1.54, 1.807) is 6.26 Å². The molecule has 1 amide bonds. The highest BCUT2D eigenvalue weighted by atomic mass is 127. The molecule has 106 valence electrons. The van der Waals surface area contributed by atoms with Crippen molar-refractivity contribution in [1.29, 1.82) is 0 Å². The molecule has 0 fully saturated rings. The van der Waals surface area contributed by atoms with Gasteiger partial charge in [-0.1, -0.05) is 0 Å². The molecule has 0 spiro atoms. The molecule has 0 aliphatic carbocycles. The van der Waals surface area contributed by atoms with Crippen LogP contribution in [0.4, 0.5) is 5.69 Å². The van der Waals surface area contributed by atoms with Crippen molar-refractivity contribution in [3.05, 3.63) is 51.5 Å². The van der Waals surface area contributed by atoms with Gasteiger partial charge in [0.05, 0.1) is 6.26 Å². The lowest BCUT2D eigenvalue weighted by molar-refractivity contribution is -0.684. The molecule has 0 saturated carbocycles. The van der Waals surface area contributed by atoms with Crippen LogP contribution in [0.5, 0.6) is 0 Å². The molecule has 5 heteroatoms. The number of hydrogen-bond acceptors (Lipinski definition) is 2. The van der Waals surface area contributed by atoms with E-state index < -0.39 is 0 Å². The molecule has 0 aliphatic rings. The van der Waals surface area contributed by atoms with Gasteiger partial charge in [-0.05, 0) is 72.3 Å². The predicted molar refractivity (Wildman–Crippen MR) is 86.4 cm³/mol. The van der Waals surface area contributed by atoms with Crippen molar-refractivity contribution in [2.24, 2.45) is 0 Å². The van der Waals surface area contributed by atoms with Gasteiger partial charge in [-0.2, -0.15) is 0 Å². The van der Waals surface area contributed by atoms with Crippen molar-refractivity contribution >= 4 is 34.2 Å². The Balaban J connectivity index is 1.86. The molecular weight excluding hydrogens is 367 g/mol. The van der Waals surface area contributed by atoms with Crippen LogP contribution in [0.25, 0.3) is 0 Å². The fourth-order valence-corrected chi connectivity index (χ4v) is 2.57. The highest BCUT2D eigenvalue weighted by Gasteiger charge is 2.14. The third-order valence-corrected chi connectivity index (χ3v) is 3.78. The van der Waals surface area contributed by atoms with Gasteiger partial charge in [-0.25, -0.2) is 0 Å². The largest absolute Gasteiger partial charge is 0.463 e. The lowest BCUT2D eigenvalue weighted by Crippen LogP contribution is -2.86. The summed E-state index contributed by atoms with van der Waals surface area (Å²) in [5.41, 5.74) is 1.94. The lowest BCUT2D eigenvalue weighted by atomic mass is 10.2. The summed E-state index contributed by atoms with van der Waals surface area (Å²) in [4.78, 5) is 11.9. The molecule has 0 radical (unpaired) electrons. The van der Waals surface area contributed by atoms with E-state index in [2.05, 4.69) is 27.9 Å². The summed E-state index contributed by atoms with van der Waals surface area (Å²) < 4.78 is 6.48. The van der Waals surface area contributed by atoms with Crippen LogP contribution < -0.4 is 10.6 Å². The second kappa shape index (κ2) is 6.90. The van der Waals surface area contributed by atoms with Crippen LogP contribution in [0.1, 0.15) is 24.3 Å². The van der Waals surface area contributed by atoms with E-state index in [0.29, 0.717) is 6.54 Å². The average molecular weight is 385 g/mol. The number of anilines is 1. The smallest absolute Gasteiger partial charge is 0.279 e. The van der Waals surface area contributed by atoms with Gasteiger partial charge in [-0.3, -0.25) is 4.79 Å². The van der Waals surface area contributed by atoms with Crippen molar-refractivity contribution in [2.45, 2.75) is 19.9 Å². The van der Waals surface area contributed by atoms with Crippen molar-refractivity contribution in [2.75, 3.05) is 11.9 Å². The molecule has 0 bridgehead atoms. The predicted octanol–water partition coefficient (Wildman–Crippen LogP) is 2.46.